The molecule has 1 aromatic carbocycles. The Kier molecular flexibility index (Phi) is 5.11. The van der Waals surface area contributed by atoms with E-state index in [0.717, 1.165) is 5.56 Å². The molecule has 1 amide bonds. The summed E-state index contributed by atoms with van der Waals surface area (Å²) in [5, 5.41) is 18.0. The van der Waals surface area contributed by atoms with Gasteiger partial charge in [0.25, 0.3) is 11.6 Å². The third-order valence-electron chi connectivity index (χ3n) is 3.95. The Balaban J connectivity index is 1.85. The Hall–Kier alpha value is -3.75. The number of hydrogen-bond donors (Lipinski definition) is 1. The standard InChI is InChI=1S/C18H18N6O3/c1-22(2)16-7-6-14(24(26)27)11-15(16)18(25)20-12-13-5-3-8-19-17(13)23-10-4-9-21-23/h3-11H,12H2,1-2H3,(H,20,25). The zero-order chi connectivity index (χ0) is 19.4. The molecule has 0 radical (unpaired) electrons. The molecule has 9 heteroatoms. The minimum absolute atomic E-state index is 0.135. The molecule has 0 aliphatic rings. The van der Waals surface area contributed by atoms with E-state index < -0.39 is 10.8 Å². The third-order valence-corrected chi connectivity index (χ3v) is 3.95. The second kappa shape index (κ2) is 7.65. The summed E-state index contributed by atoms with van der Waals surface area (Å²) in [6.45, 7) is 0.206. The number of carbonyl (C=O) groups is 1. The van der Waals surface area contributed by atoms with E-state index >= 15 is 0 Å². The average molecular weight is 366 g/mol. The monoisotopic (exact) mass is 366 g/mol. The number of carbonyl (C=O) groups excluding carboxylic acids is 1. The number of amides is 1. The molecule has 0 saturated heterocycles. The van der Waals surface area contributed by atoms with E-state index in [1.807, 2.05) is 6.07 Å². The van der Waals surface area contributed by atoms with Crippen molar-refractivity contribution in [3.8, 4) is 5.82 Å². The van der Waals surface area contributed by atoms with Gasteiger partial charge in [-0.25, -0.2) is 9.67 Å². The summed E-state index contributed by atoms with van der Waals surface area (Å²) < 4.78 is 1.61. The van der Waals surface area contributed by atoms with Gasteiger partial charge in [0.2, 0.25) is 0 Å². The molecule has 0 spiro atoms. The van der Waals surface area contributed by atoms with Crippen molar-refractivity contribution in [1.29, 1.82) is 0 Å². The van der Waals surface area contributed by atoms with Crippen molar-refractivity contribution in [3.05, 3.63) is 76.2 Å². The van der Waals surface area contributed by atoms with Crippen LogP contribution in [0.5, 0.6) is 0 Å². The predicted octanol–water partition coefficient (Wildman–Crippen LogP) is 2.17. The molecule has 1 N–H and O–H groups in total. The van der Waals surface area contributed by atoms with Gasteiger partial charge >= 0.3 is 0 Å². The number of nitro benzene ring substituents is 1. The summed E-state index contributed by atoms with van der Waals surface area (Å²) in [5.41, 5.74) is 1.46. The van der Waals surface area contributed by atoms with E-state index in [1.165, 1.54) is 12.1 Å². The molecule has 0 atom stereocenters. The number of hydrogen-bond acceptors (Lipinski definition) is 6. The molecule has 0 fully saturated rings. The Morgan fingerprint density at radius 1 is 1.26 bits per heavy atom. The SMILES string of the molecule is CN(C)c1ccc([N+](=O)[O-])cc1C(=O)NCc1cccnc1-n1cccn1. The van der Waals surface area contributed by atoms with Crippen LogP contribution in [0.2, 0.25) is 0 Å². The van der Waals surface area contributed by atoms with E-state index in [2.05, 4.69) is 15.4 Å². The molecule has 2 aromatic heterocycles. The number of pyridine rings is 1. The molecule has 138 valence electrons. The van der Waals surface area contributed by atoms with Gasteiger partial charge in [0.05, 0.1) is 10.5 Å². The van der Waals surface area contributed by atoms with Crippen LogP contribution >= 0.6 is 0 Å². The lowest BCUT2D eigenvalue weighted by Crippen LogP contribution is -2.26. The molecule has 0 unspecified atom stereocenters. The van der Waals surface area contributed by atoms with E-state index in [4.69, 9.17) is 0 Å². The summed E-state index contributed by atoms with van der Waals surface area (Å²) >= 11 is 0. The van der Waals surface area contributed by atoms with Gasteiger partial charge in [0.1, 0.15) is 0 Å². The molecular weight excluding hydrogens is 348 g/mol. The van der Waals surface area contributed by atoms with Crippen molar-refractivity contribution in [2.45, 2.75) is 6.54 Å². The Bertz CT molecular complexity index is 969. The van der Waals surface area contributed by atoms with Crippen molar-refractivity contribution >= 4 is 17.3 Å². The number of non-ortho nitro benzene ring substituents is 1. The Labute approximate surface area is 155 Å². The fourth-order valence-corrected chi connectivity index (χ4v) is 2.65. The summed E-state index contributed by atoms with van der Waals surface area (Å²) in [6, 6.07) is 9.61. The fourth-order valence-electron chi connectivity index (χ4n) is 2.65. The fraction of sp³-hybridized carbons (Fsp3) is 0.167. The molecule has 2 heterocycles. The van der Waals surface area contributed by atoms with Crippen LogP contribution in [0.3, 0.4) is 0 Å². The molecule has 9 nitrogen and oxygen atoms in total. The predicted molar refractivity (Wildman–Crippen MR) is 100.0 cm³/mol. The smallest absolute Gasteiger partial charge is 0.270 e. The number of anilines is 1. The zero-order valence-corrected chi connectivity index (χ0v) is 14.9. The minimum atomic E-state index is -0.521. The van der Waals surface area contributed by atoms with Gasteiger partial charge in [-0.2, -0.15) is 5.10 Å². The number of nitro groups is 1. The van der Waals surface area contributed by atoms with Crippen LogP contribution in [0.1, 0.15) is 15.9 Å². The molecule has 0 aliphatic carbocycles. The second-order valence-corrected chi connectivity index (χ2v) is 5.97. The van der Waals surface area contributed by atoms with Crippen molar-refractivity contribution in [2.24, 2.45) is 0 Å². The highest BCUT2D eigenvalue weighted by Gasteiger charge is 2.18. The van der Waals surface area contributed by atoms with Crippen LogP contribution < -0.4 is 10.2 Å². The van der Waals surface area contributed by atoms with Crippen LogP contribution in [0, 0.1) is 10.1 Å². The number of aromatic nitrogens is 3. The summed E-state index contributed by atoms with van der Waals surface area (Å²) in [7, 11) is 3.55. The third kappa shape index (κ3) is 3.92. The number of nitrogens with zero attached hydrogens (tertiary/aromatic N) is 5. The van der Waals surface area contributed by atoms with E-state index in [-0.39, 0.29) is 17.8 Å². The van der Waals surface area contributed by atoms with E-state index in [0.29, 0.717) is 11.5 Å². The zero-order valence-electron chi connectivity index (χ0n) is 14.9. The Morgan fingerprint density at radius 2 is 2.07 bits per heavy atom. The molecule has 27 heavy (non-hydrogen) atoms. The quantitative estimate of drug-likeness (QED) is 0.529. The average Bonchev–Trinajstić information content (AvgIpc) is 3.20. The van der Waals surface area contributed by atoms with Crippen molar-refractivity contribution in [3.63, 3.8) is 0 Å². The van der Waals surface area contributed by atoms with Gasteiger partial charge in [0, 0.05) is 62.6 Å². The lowest BCUT2D eigenvalue weighted by molar-refractivity contribution is -0.384. The molecule has 0 bridgehead atoms. The second-order valence-electron chi connectivity index (χ2n) is 5.97. The lowest BCUT2D eigenvalue weighted by Gasteiger charge is -2.17. The highest BCUT2D eigenvalue weighted by Crippen LogP contribution is 2.24. The van der Waals surface area contributed by atoms with Crippen LogP contribution in [0.15, 0.2) is 55.0 Å². The van der Waals surface area contributed by atoms with Gasteiger partial charge in [-0.1, -0.05) is 6.07 Å². The molecule has 3 rings (SSSR count). The van der Waals surface area contributed by atoms with Gasteiger partial charge < -0.3 is 10.2 Å². The largest absolute Gasteiger partial charge is 0.377 e. The summed E-state index contributed by atoms with van der Waals surface area (Å²) in [4.78, 5) is 29.3. The number of rotatable bonds is 6. The van der Waals surface area contributed by atoms with E-state index in [9.17, 15) is 14.9 Å². The van der Waals surface area contributed by atoms with Gasteiger partial charge in [-0.15, -0.1) is 0 Å². The van der Waals surface area contributed by atoms with Crippen molar-refractivity contribution in [2.75, 3.05) is 19.0 Å². The highest BCUT2D eigenvalue weighted by molar-refractivity contribution is 6.00. The first-order chi connectivity index (χ1) is 13.0. The van der Waals surface area contributed by atoms with Crippen LogP contribution in [0.25, 0.3) is 5.82 Å². The molecular formula is C18H18N6O3. The van der Waals surface area contributed by atoms with Crippen molar-refractivity contribution in [1.82, 2.24) is 20.1 Å². The van der Waals surface area contributed by atoms with Crippen LogP contribution in [-0.4, -0.2) is 39.7 Å². The molecule has 3 aromatic rings. The topological polar surface area (TPSA) is 106 Å². The number of benzene rings is 1. The van der Waals surface area contributed by atoms with Crippen LogP contribution in [-0.2, 0) is 6.54 Å². The first-order valence-electron chi connectivity index (χ1n) is 8.15. The number of nitrogens with one attached hydrogen (secondary N) is 1. The lowest BCUT2D eigenvalue weighted by atomic mass is 10.1. The maximum atomic E-state index is 12.7. The van der Waals surface area contributed by atoms with Gasteiger partial charge in [-0.05, 0) is 18.2 Å². The highest BCUT2D eigenvalue weighted by atomic mass is 16.6. The maximum absolute atomic E-state index is 12.7. The van der Waals surface area contributed by atoms with Crippen molar-refractivity contribution < 1.29 is 9.72 Å². The molecule has 0 saturated carbocycles. The maximum Gasteiger partial charge on any atom is 0.270 e. The molecule has 0 aliphatic heterocycles. The van der Waals surface area contributed by atoms with Crippen LogP contribution in [0.4, 0.5) is 11.4 Å². The normalized spacial score (nSPS) is 10.4. The minimum Gasteiger partial charge on any atom is -0.377 e. The Morgan fingerprint density at radius 3 is 2.74 bits per heavy atom. The first-order valence-corrected chi connectivity index (χ1v) is 8.15. The first kappa shape index (κ1) is 18.1. The summed E-state index contributed by atoms with van der Waals surface area (Å²) in [6.07, 6.45) is 5.05. The summed E-state index contributed by atoms with van der Waals surface area (Å²) in [5.74, 6) is 0.201. The van der Waals surface area contributed by atoms with E-state index in [1.54, 1.807) is 60.5 Å². The van der Waals surface area contributed by atoms with Gasteiger partial charge in [0.15, 0.2) is 5.82 Å². The van der Waals surface area contributed by atoms with Gasteiger partial charge in [-0.3, -0.25) is 14.9 Å².